The molecule has 0 saturated carbocycles. The van der Waals surface area contributed by atoms with Crippen molar-refractivity contribution in [1.29, 1.82) is 0 Å². The number of unbranched alkanes of at least 4 members (excludes halogenated alkanes) is 7. The maximum absolute atomic E-state index is 12.9. The van der Waals surface area contributed by atoms with Gasteiger partial charge in [-0.05, 0) is 29.7 Å². The number of carboxylic acid groups (broad SMARTS) is 1. The first-order valence-corrected chi connectivity index (χ1v) is 13.8. The first-order chi connectivity index (χ1) is 16.8. The molecule has 9 nitrogen and oxygen atoms in total. The number of rotatable bonds is 17. The van der Waals surface area contributed by atoms with Crippen LogP contribution in [0.5, 0.6) is 0 Å². The van der Waals surface area contributed by atoms with Crippen molar-refractivity contribution < 1.29 is 23.4 Å². The fourth-order valence-electron chi connectivity index (χ4n) is 3.69. The molecule has 0 aliphatic carbocycles. The third-order valence-corrected chi connectivity index (χ3v) is 7.70. The Morgan fingerprint density at radius 1 is 1.11 bits per heavy atom. The first kappa shape index (κ1) is 28.4. The van der Waals surface area contributed by atoms with Gasteiger partial charge in [-0.25, -0.2) is 8.42 Å². The Morgan fingerprint density at radius 3 is 2.54 bits per heavy atom. The summed E-state index contributed by atoms with van der Waals surface area (Å²) >= 11 is 0. The van der Waals surface area contributed by atoms with Gasteiger partial charge in [-0.3, -0.25) is 4.79 Å². The van der Waals surface area contributed by atoms with Crippen molar-refractivity contribution in [3.63, 3.8) is 0 Å². The zero-order valence-corrected chi connectivity index (χ0v) is 21.0. The van der Waals surface area contributed by atoms with Gasteiger partial charge >= 0.3 is 5.97 Å². The van der Waals surface area contributed by atoms with Crippen LogP contribution in [0.2, 0.25) is 0 Å². The van der Waals surface area contributed by atoms with E-state index in [4.69, 9.17) is 5.11 Å². The second-order valence-corrected chi connectivity index (χ2v) is 10.8. The van der Waals surface area contributed by atoms with E-state index >= 15 is 0 Å². The number of nitrogens with one attached hydrogen (secondary N) is 1. The Labute approximate surface area is 207 Å². The molecule has 2 aromatic rings. The summed E-state index contributed by atoms with van der Waals surface area (Å²) in [5.74, 6) is -1.46. The molecule has 0 bridgehead atoms. The smallest absolute Gasteiger partial charge is 0.304 e. The molecular weight excluding hydrogens is 468 g/mol. The molecule has 2 atom stereocenters. The van der Waals surface area contributed by atoms with E-state index in [1.54, 1.807) is 36.4 Å². The van der Waals surface area contributed by atoms with Crippen LogP contribution >= 0.6 is 0 Å². The Balaban J connectivity index is 2.07. The number of aromatic amines is 1. The van der Waals surface area contributed by atoms with E-state index in [9.17, 15) is 18.3 Å². The molecule has 1 aromatic heterocycles. The minimum atomic E-state index is -3.95. The van der Waals surface area contributed by atoms with Gasteiger partial charge in [-0.2, -0.15) is 5.21 Å². The van der Waals surface area contributed by atoms with Crippen LogP contribution in [0.3, 0.4) is 0 Å². The fraction of sp³-hybridized carbons (Fsp3) is 0.520. The SMILES string of the molecule is CCCCCCCCCC=CC=C[C@H]([C@@H](O)c1cccc(-c2nn[nH]n2)c1)S(=O)(=O)CCC(=O)O. The van der Waals surface area contributed by atoms with Crippen LogP contribution in [0, 0.1) is 0 Å². The van der Waals surface area contributed by atoms with E-state index < -0.39 is 39.3 Å². The standard InChI is InChI=1S/C25H36N4O5S/c1-2-3-4-5-6-7-8-9-10-11-12-16-22(35(33,34)18-17-23(30)31)24(32)20-14-13-15-21(19-20)25-26-28-29-27-25/h10-16,19,22,24,32H,2-9,17-18H2,1H3,(H,30,31)(H,26,27,28,29)/t22-,24+/m1/s1. The lowest BCUT2D eigenvalue weighted by Crippen LogP contribution is -2.29. The minimum absolute atomic E-state index is 0.313. The number of tetrazole rings is 1. The van der Waals surface area contributed by atoms with E-state index in [1.165, 1.54) is 44.6 Å². The lowest BCUT2D eigenvalue weighted by Gasteiger charge is -2.21. The van der Waals surface area contributed by atoms with E-state index in [1.807, 2.05) is 6.08 Å². The van der Waals surface area contributed by atoms with Gasteiger partial charge in [0.15, 0.2) is 9.84 Å². The zero-order valence-electron chi connectivity index (χ0n) is 20.2. The molecule has 0 unspecified atom stereocenters. The Bertz CT molecular complexity index is 1050. The third kappa shape index (κ3) is 10.1. The van der Waals surface area contributed by atoms with E-state index in [2.05, 4.69) is 27.5 Å². The number of nitrogens with zero attached hydrogens (tertiary/aromatic N) is 3. The van der Waals surface area contributed by atoms with Gasteiger partial charge in [0.05, 0.1) is 18.3 Å². The molecule has 1 aromatic carbocycles. The highest BCUT2D eigenvalue weighted by atomic mass is 32.2. The molecule has 0 radical (unpaired) electrons. The molecule has 0 fully saturated rings. The third-order valence-electron chi connectivity index (χ3n) is 5.68. The van der Waals surface area contributed by atoms with Crippen molar-refractivity contribution in [2.24, 2.45) is 0 Å². The molecule has 0 saturated heterocycles. The molecular formula is C25H36N4O5S. The van der Waals surface area contributed by atoms with Gasteiger partial charge in [-0.1, -0.05) is 88.0 Å². The maximum Gasteiger partial charge on any atom is 0.304 e. The van der Waals surface area contributed by atoms with Gasteiger partial charge in [0, 0.05) is 5.56 Å². The fourth-order valence-corrected chi connectivity index (χ4v) is 5.30. The Morgan fingerprint density at radius 2 is 1.86 bits per heavy atom. The van der Waals surface area contributed by atoms with Gasteiger partial charge in [-0.15, -0.1) is 10.2 Å². The largest absolute Gasteiger partial charge is 0.481 e. The maximum atomic E-state index is 12.9. The predicted molar refractivity (Wildman–Crippen MR) is 135 cm³/mol. The number of benzene rings is 1. The number of sulfone groups is 1. The van der Waals surface area contributed by atoms with Crippen molar-refractivity contribution >= 4 is 15.8 Å². The van der Waals surface area contributed by atoms with E-state index in [0.717, 1.165) is 12.8 Å². The molecule has 0 spiro atoms. The number of hydrogen-bond acceptors (Lipinski definition) is 7. The lowest BCUT2D eigenvalue weighted by atomic mass is 10.0. The number of aliphatic hydroxyl groups excluding tert-OH is 1. The summed E-state index contributed by atoms with van der Waals surface area (Å²) in [6.07, 6.45) is 14.3. The van der Waals surface area contributed by atoms with Crippen molar-refractivity contribution in [3.8, 4) is 11.4 Å². The minimum Gasteiger partial charge on any atom is -0.481 e. The topological polar surface area (TPSA) is 146 Å². The van der Waals surface area contributed by atoms with Gasteiger partial charge in [0.2, 0.25) is 5.82 Å². The number of hydrogen-bond donors (Lipinski definition) is 3. The summed E-state index contributed by atoms with van der Waals surface area (Å²) in [5, 5.41) is 32.3. The molecule has 0 aliphatic heterocycles. The van der Waals surface area contributed by atoms with E-state index in [0.29, 0.717) is 17.0 Å². The van der Waals surface area contributed by atoms with Crippen LogP contribution in [0.15, 0.2) is 48.6 Å². The van der Waals surface area contributed by atoms with Crippen LogP contribution in [-0.4, -0.2) is 56.2 Å². The zero-order chi connectivity index (χ0) is 25.5. The summed E-state index contributed by atoms with van der Waals surface area (Å²) in [4.78, 5) is 11.0. The second kappa shape index (κ2) is 15.2. The quantitative estimate of drug-likeness (QED) is 0.212. The van der Waals surface area contributed by atoms with Crippen molar-refractivity contribution in [2.45, 2.75) is 76.1 Å². The summed E-state index contributed by atoms with van der Waals surface area (Å²) in [5.41, 5.74) is 0.920. The number of carboxylic acids is 1. The van der Waals surface area contributed by atoms with Crippen LogP contribution in [-0.2, 0) is 14.6 Å². The summed E-state index contributed by atoms with van der Waals surface area (Å²) in [6, 6.07) is 6.59. The summed E-state index contributed by atoms with van der Waals surface area (Å²) in [6.45, 7) is 2.20. The lowest BCUT2D eigenvalue weighted by molar-refractivity contribution is -0.136. The molecule has 0 amide bonds. The van der Waals surface area contributed by atoms with Crippen molar-refractivity contribution in [2.75, 3.05) is 5.75 Å². The summed E-state index contributed by atoms with van der Waals surface area (Å²) < 4.78 is 25.9. The monoisotopic (exact) mass is 504 g/mol. The molecule has 0 aliphatic rings. The van der Waals surface area contributed by atoms with Crippen LogP contribution in [0.4, 0.5) is 0 Å². The number of aliphatic carboxylic acids is 1. The molecule has 2 rings (SSSR count). The second-order valence-electron chi connectivity index (χ2n) is 8.50. The van der Waals surface area contributed by atoms with Gasteiger partial charge < -0.3 is 10.2 Å². The van der Waals surface area contributed by atoms with Crippen LogP contribution in [0.1, 0.15) is 76.4 Å². The highest BCUT2D eigenvalue weighted by Gasteiger charge is 2.31. The Kier molecular flexibility index (Phi) is 12.3. The van der Waals surface area contributed by atoms with Crippen molar-refractivity contribution in [1.82, 2.24) is 20.6 Å². The molecule has 1 heterocycles. The van der Waals surface area contributed by atoms with Crippen LogP contribution in [0.25, 0.3) is 11.4 Å². The predicted octanol–water partition coefficient (Wildman–Crippen LogP) is 4.41. The number of carbonyl (C=O) groups is 1. The average Bonchev–Trinajstić information content (AvgIpc) is 3.38. The highest BCUT2D eigenvalue weighted by molar-refractivity contribution is 7.92. The first-order valence-electron chi connectivity index (χ1n) is 12.1. The average molecular weight is 505 g/mol. The normalized spacial score (nSPS) is 14.0. The molecule has 192 valence electrons. The van der Waals surface area contributed by atoms with Crippen molar-refractivity contribution in [3.05, 3.63) is 54.1 Å². The van der Waals surface area contributed by atoms with E-state index in [-0.39, 0.29) is 0 Å². The molecule has 10 heteroatoms. The molecule has 35 heavy (non-hydrogen) atoms. The number of aliphatic hydroxyl groups is 1. The number of aromatic nitrogens is 4. The summed E-state index contributed by atoms with van der Waals surface area (Å²) in [7, 11) is -3.95. The molecule has 3 N–H and O–H groups in total. The number of H-pyrrole nitrogens is 1. The van der Waals surface area contributed by atoms with Gasteiger partial charge in [0.1, 0.15) is 5.25 Å². The van der Waals surface area contributed by atoms with Crippen LogP contribution < -0.4 is 0 Å². The number of allylic oxidation sites excluding steroid dienone is 3. The Hall–Kier alpha value is -2.85. The highest BCUT2D eigenvalue weighted by Crippen LogP contribution is 2.27. The van der Waals surface area contributed by atoms with Gasteiger partial charge in [0.25, 0.3) is 0 Å².